The second-order valence-electron chi connectivity index (χ2n) is 4.59. The number of hydrogen-bond donors (Lipinski definition) is 1. The molecule has 0 bridgehead atoms. The number of hydrogen-bond acceptors (Lipinski definition) is 5. The Hall–Kier alpha value is -2.21. The SMILES string of the molecule is COc1ncccc1NC(=O)c1nc(C(C)C)ncc1Cl. The summed E-state index contributed by atoms with van der Waals surface area (Å²) in [5, 5.41) is 2.88. The average molecular weight is 307 g/mol. The first-order chi connectivity index (χ1) is 10.0. The van der Waals surface area contributed by atoms with E-state index in [2.05, 4.69) is 20.3 Å². The highest BCUT2D eigenvalue weighted by atomic mass is 35.5. The fourth-order valence-corrected chi connectivity index (χ4v) is 1.83. The van der Waals surface area contributed by atoms with Crippen LogP contribution in [0.4, 0.5) is 5.69 Å². The largest absolute Gasteiger partial charge is 0.480 e. The Morgan fingerprint density at radius 1 is 1.38 bits per heavy atom. The standard InChI is InChI=1S/C14H15ClN4O2/c1-8(2)12-17-7-9(15)11(19-12)13(20)18-10-5-4-6-16-14(10)21-3/h4-8H,1-3H3,(H,18,20). The lowest BCUT2D eigenvalue weighted by Gasteiger charge is -2.10. The smallest absolute Gasteiger partial charge is 0.276 e. The topological polar surface area (TPSA) is 77.0 Å². The summed E-state index contributed by atoms with van der Waals surface area (Å²) >= 11 is 6.00. The molecule has 2 rings (SSSR count). The quantitative estimate of drug-likeness (QED) is 0.939. The van der Waals surface area contributed by atoms with Crippen LogP contribution in [0.15, 0.2) is 24.5 Å². The van der Waals surface area contributed by atoms with Crippen LogP contribution in [0.3, 0.4) is 0 Å². The zero-order valence-corrected chi connectivity index (χ0v) is 12.7. The van der Waals surface area contributed by atoms with Gasteiger partial charge in [0, 0.05) is 12.1 Å². The molecule has 0 unspecified atom stereocenters. The minimum atomic E-state index is -0.435. The van der Waals surface area contributed by atoms with Gasteiger partial charge >= 0.3 is 0 Å². The number of amides is 1. The highest BCUT2D eigenvalue weighted by Crippen LogP contribution is 2.22. The van der Waals surface area contributed by atoms with Crippen LogP contribution in [-0.4, -0.2) is 28.0 Å². The Kier molecular flexibility index (Phi) is 4.70. The second kappa shape index (κ2) is 6.49. The molecule has 0 atom stereocenters. The highest BCUT2D eigenvalue weighted by Gasteiger charge is 2.17. The maximum absolute atomic E-state index is 12.3. The molecule has 1 N–H and O–H groups in total. The lowest BCUT2D eigenvalue weighted by Crippen LogP contribution is -2.17. The van der Waals surface area contributed by atoms with E-state index in [-0.39, 0.29) is 16.6 Å². The number of aromatic nitrogens is 3. The fraction of sp³-hybridized carbons (Fsp3) is 0.286. The third-order valence-corrected chi connectivity index (χ3v) is 2.98. The molecular formula is C14H15ClN4O2. The number of halogens is 1. The van der Waals surface area contributed by atoms with E-state index in [1.165, 1.54) is 13.3 Å². The zero-order chi connectivity index (χ0) is 15.4. The molecule has 21 heavy (non-hydrogen) atoms. The van der Waals surface area contributed by atoms with Crippen LogP contribution in [0.2, 0.25) is 5.02 Å². The molecule has 0 saturated carbocycles. The minimum absolute atomic E-state index is 0.0988. The lowest BCUT2D eigenvalue weighted by molar-refractivity contribution is 0.102. The maximum Gasteiger partial charge on any atom is 0.276 e. The van der Waals surface area contributed by atoms with Crippen LogP contribution in [0.25, 0.3) is 0 Å². The molecule has 1 amide bonds. The van der Waals surface area contributed by atoms with Gasteiger partial charge in [-0.1, -0.05) is 25.4 Å². The van der Waals surface area contributed by atoms with Crippen molar-refractivity contribution in [3.8, 4) is 5.88 Å². The molecule has 2 aromatic rings. The second-order valence-corrected chi connectivity index (χ2v) is 5.00. The van der Waals surface area contributed by atoms with E-state index >= 15 is 0 Å². The van der Waals surface area contributed by atoms with Gasteiger partial charge in [0.05, 0.1) is 18.3 Å². The maximum atomic E-state index is 12.3. The van der Waals surface area contributed by atoms with E-state index in [1.807, 2.05) is 13.8 Å². The summed E-state index contributed by atoms with van der Waals surface area (Å²) < 4.78 is 5.08. The summed E-state index contributed by atoms with van der Waals surface area (Å²) in [6.07, 6.45) is 3.00. The molecule has 0 aliphatic carbocycles. The van der Waals surface area contributed by atoms with E-state index < -0.39 is 5.91 Å². The first-order valence-electron chi connectivity index (χ1n) is 6.35. The Bertz CT molecular complexity index is 661. The Balaban J connectivity index is 2.30. The minimum Gasteiger partial charge on any atom is -0.480 e. The van der Waals surface area contributed by atoms with Crippen molar-refractivity contribution >= 4 is 23.2 Å². The number of ether oxygens (including phenoxy) is 1. The lowest BCUT2D eigenvalue weighted by atomic mass is 10.2. The van der Waals surface area contributed by atoms with Crippen LogP contribution < -0.4 is 10.1 Å². The van der Waals surface area contributed by atoms with Crippen molar-refractivity contribution in [3.63, 3.8) is 0 Å². The van der Waals surface area contributed by atoms with Crippen molar-refractivity contribution in [1.29, 1.82) is 0 Å². The summed E-state index contributed by atoms with van der Waals surface area (Å²) in [4.78, 5) is 24.6. The van der Waals surface area contributed by atoms with Gasteiger partial charge in [-0.05, 0) is 12.1 Å². The number of nitrogens with one attached hydrogen (secondary N) is 1. The first-order valence-corrected chi connectivity index (χ1v) is 6.73. The predicted octanol–water partition coefficient (Wildman–Crippen LogP) is 2.91. The normalized spacial score (nSPS) is 10.5. The van der Waals surface area contributed by atoms with Crippen molar-refractivity contribution in [2.75, 3.05) is 12.4 Å². The summed E-state index contributed by atoms with van der Waals surface area (Å²) in [6, 6.07) is 3.38. The van der Waals surface area contributed by atoms with Crippen molar-refractivity contribution in [1.82, 2.24) is 15.0 Å². The summed E-state index contributed by atoms with van der Waals surface area (Å²) in [7, 11) is 1.48. The molecule has 2 heterocycles. The van der Waals surface area contributed by atoms with Gasteiger partial charge in [-0.25, -0.2) is 15.0 Å². The van der Waals surface area contributed by atoms with E-state index in [1.54, 1.807) is 18.3 Å². The van der Waals surface area contributed by atoms with Gasteiger partial charge in [0.2, 0.25) is 5.88 Å². The van der Waals surface area contributed by atoms with Gasteiger partial charge in [-0.3, -0.25) is 4.79 Å². The summed E-state index contributed by atoms with van der Waals surface area (Å²) in [5.74, 6) is 0.542. The number of rotatable bonds is 4. The zero-order valence-electron chi connectivity index (χ0n) is 11.9. The molecule has 0 fully saturated rings. The number of carbonyl (C=O) groups excluding carboxylic acids is 1. The van der Waals surface area contributed by atoms with Crippen LogP contribution in [0, 0.1) is 0 Å². The van der Waals surface area contributed by atoms with E-state index in [4.69, 9.17) is 16.3 Å². The molecule has 110 valence electrons. The third kappa shape index (κ3) is 3.46. The summed E-state index contributed by atoms with van der Waals surface area (Å²) in [6.45, 7) is 3.88. The van der Waals surface area contributed by atoms with E-state index in [0.29, 0.717) is 17.4 Å². The van der Waals surface area contributed by atoms with Gasteiger partial charge in [0.25, 0.3) is 5.91 Å². The highest BCUT2D eigenvalue weighted by molar-refractivity contribution is 6.33. The molecule has 0 radical (unpaired) electrons. The van der Waals surface area contributed by atoms with E-state index in [9.17, 15) is 4.79 Å². The molecule has 7 heteroatoms. The Labute approximate surface area is 127 Å². The van der Waals surface area contributed by atoms with Gasteiger partial charge < -0.3 is 10.1 Å². The number of carbonyl (C=O) groups is 1. The number of anilines is 1. The van der Waals surface area contributed by atoms with Gasteiger partial charge in [-0.2, -0.15) is 0 Å². The molecule has 0 spiro atoms. The molecule has 6 nitrogen and oxygen atoms in total. The van der Waals surface area contributed by atoms with Gasteiger partial charge in [-0.15, -0.1) is 0 Å². The molecular weight excluding hydrogens is 292 g/mol. The first kappa shape index (κ1) is 15.2. The van der Waals surface area contributed by atoms with Crippen molar-refractivity contribution in [2.45, 2.75) is 19.8 Å². The van der Waals surface area contributed by atoms with Crippen molar-refractivity contribution in [2.24, 2.45) is 0 Å². The van der Waals surface area contributed by atoms with Gasteiger partial charge in [0.1, 0.15) is 11.5 Å². The van der Waals surface area contributed by atoms with Crippen LogP contribution in [-0.2, 0) is 0 Å². The van der Waals surface area contributed by atoms with Crippen LogP contribution in [0.5, 0.6) is 5.88 Å². The molecule has 0 aliphatic heterocycles. The monoisotopic (exact) mass is 306 g/mol. The molecule has 0 aromatic carbocycles. The van der Waals surface area contributed by atoms with Crippen molar-refractivity contribution < 1.29 is 9.53 Å². The molecule has 2 aromatic heterocycles. The fourth-order valence-electron chi connectivity index (χ4n) is 1.65. The van der Waals surface area contributed by atoms with Crippen molar-refractivity contribution in [3.05, 3.63) is 41.1 Å². The molecule has 0 saturated heterocycles. The summed E-state index contributed by atoms with van der Waals surface area (Å²) in [5.41, 5.74) is 0.576. The molecule has 0 aliphatic rings. The van der Waals surface area contributed by atoms with Gasteiger partial charge in [0.15, 0.2) is 5.69 Å². The number of pyridine rings is 1. The van der Waals surface area contributed by atoms with E-state index in [0.717, 1.165) is 0 Å². The Morgan fingerprint density at radius 2 is 2.14 bits per heavy atom. The predicted molar refractivity (Wildman–Crippen MR) is 79.9 cm³/mol. The number of methoxy groups -OCH3 is 1. The number of nitrogens with zero attached hydrogens (tertiary/aromatic N) is 3. The van der Waals surface area contributed by atoms with Crippen LogP contribution >= 0.6 is 11.6 Å². The Morgan fingerprint density at radius 3 is 2.81 bits per heavy atom. The van der Waals surface area contributed by atoms with Crippen LogP contribution in [0.1, 0.15) is 36.1 Å². The third-order valence-electron chi connectivity index (χ3n) is 2.71. The average Bonchev–Trinajstić information content (AvgIpc) is 2.47.